The standard InChI is InChI=1S/C19H16FN3S2/c1-2-23-18(16-12-24-17-6-4-3-5-15(16)17)21-22-19(23)25-11-13-7-9-14(20)10-8-13/h3-10,12H,2,11H2,1H3. The third-order valence-electron chi connectivity index (χ3n) is 4.04. The van der Waals surface area contributed by atoms with Crippen LogP contribution >= 0.6 is 23.1 Å². The molecule has 3 nitrogen and oxygen atoms in total. The maximum absolute atomic E-state index is 13.0. The SMILES string of the molecule is CCn1c(SCc2ccc(F)cc2)nnc1-c1csc2ccccc12. The van der Waals surface area contributed by atoms with Crippen LogP contribution < -0.4 is 0 Å². The predicted octanol–water partition coefficient (Wildman–Crippen LogP) is 5.61. The second-order valence-electron chi connectivity index (χ2n) is 5.61. The Labute approximate surface area is 153 Å². The third-order valence-corrected chi connectivity index (χ3v) is 6.04. The van der Waals surface area contributed by atoms with E-state index in [0.29, 0.717) is 0 Å². The smallest absolute Gasteiger partial charge is 0.191 e. The molecule has 0 radical (unpaired) electrons. The molecule has 0 aliphatic carbocycles. The Balaban J connectivity index is 1.64. The van der Waals surface area contributed by atoms with E-state index in [9.17, 15) is 4.39 Å². The summed E-state index contributed by atoms with van der Waals surface area (Å²) in [5.41, 5.74) is 2.20. The minimum Gasteiger partial charge on any atom is -0.302 e. The average Bonchev–Trinajstić information content (AvgIpc) is 3.24. The molecular formula is C19H16FN3S2. The first kappa shape index (κ1) is 16.3. The first-order valence-corrected chi connectivity index (χ1v) is 9.90. The van der Waals surface area contributed by atoms with Crippen LogP contribution in [0.3, 0.4) is 0 Å². The van der Waals surface area contributed by atoms with Gasteiger partial charge in [0.1, 0.15) is 5.82 Å². The van der Waals surface area contributed by atoms with Gasteiger partial charge in [0.25, 0.3) is 0 Å². The lowest BCUT2D eigenvalue weighted by atomic mass is 10.1. The Kier molecular flexibility index (Phi) is 4.55. The highest BCUT2D eigenvalue weighted by Gasteiger charge is 2.16. The number of halogens is 1. The molecule has 0 saturated carbocycles. The number of benzene rings is 2. The summed E-state index contributed by atoms with van der Waals surface area (Å²) in [4.78, 5) is 0. The number of nitrogens with zero attached hydrogens (tertiary/aromatic N) is 3. The molecule has 0 spiro atoms. The molecule has 0 atom stereocenters. The first-order chi connectivity index (χ1) is 12.3. The Morgan fingerprint density at radius 1 is 1.08 bits per heavy atom. The number of rotatable bonds is 5. The summed E-state index contributed by atoms with van der Waals surface area (Å²) in [6.07, 6.45) is 0. The van der Waals surface area contributed by atoms with Crippen LogP contribution in [0.4, 0.5) is 4.39 Å². The second-order valence-corrected chi connectivity index (χ2v) is 7.46. The molecule has 0 amide bonds. The van der Waals surface area contributed by atoms with Gasteiger partial charge >= 0.3 is 0 Å². The van der Waals surface area contributed by atoms with Gasteiger partial charge in [-0.15, -0.1) is 21.5 Å². The van der Waals surface area contributed by atoms with Gasteiger partial charge in [0.15, 0.2) is 11.0 Å². The highest BCUT2D eigenvalue weighted by Crippen LogP contribution is 2.34. The number of aromatic nitrogens is 3. The summed E-state index contributed by atoms with van der Waals surface area (Å²) in [6.45, 7) is 2.90. The van der Waals surface area contributed by atoms with Crippen LogP contribution in [0.1, 0.15) is 12.5 Å². The molecule has 0 bridgehead atoms. The van der Waals surface area contributed by atoms with Crippen LogP contribution in [0, 0.1) is 5.82 Å². The van der Waals surface area contributed by atoms with Gasteiger partial charge < -0.3 is 4.57 Å². The lowest BCUT2D eigenvalue weighted by Gasteiger charge is -2.07. The molecule has 0 unspecified atom stereocenters. The largest absolute Gasteiger partial charge is 0.302 e. The van der Waals surface area contributed by atoms with Crippen LogP contribution in [0.2, 0.25) is 0 Å². The van der Waals surface area contributed by atoms with Gasteiger partial charge in [-0.1, -0.05) is 42.1 Å². The fourth-order valence-electron chi connectivity index (χ4n) is 2.76. The Bertz CT molecular complexity index is 1010. The molecule has 0 fully saturated rings. The minimum absolute atomic E-state index is 0.211. The van der Waals surface area contributed by atoms with E-state index in [-0.39, 0.29) is 5.82 Å². The molecule has 4 rings (SSSR count). The van der Waals surface area contributed by atoms with E-state index in [1.807, 2.05) is 12.1 Å². The quantitative estimate of drug-likeness (QED) is 0.428. The molecule has 0 N–H and O–H groups in total. The number of hydrogen-bond acceptors (Lipinski definition) is 4. The fraction of sp³-hybridized carbons (Fsp3) is 0.158. The Morgan fingerprint density at radius 3 is 2.68 bits per heavy atom. The normalized spacial score (nSPS) is 11.3. The number of fused-ring (bicyclic) bond motifs is 1. The third kappa shape index (κ3) is 3.19. The van der Waals surface area contributed by atoms with Gasteiger partial charge in [0, 0.05) is 33.3 Å². The Morgan fingerprint density at radius 2 is 1.88 bits per heavy atom. The molecule has 25 heavy (non-hydrogen) atoms. The van der Waals surface area contributed by atoms with E-state index >= 15 is 0 Å². The van der Waals surface area contributed by atoms with Gasteiger partial charge in [0.05, 0.1) is 0 Å². The van der Waals surface area contributed by atoms with Crippen molar-refractivity contribution >= 4 is 33.2 Å². The molecule has 2 heterocycles. The van der Waals surface area contributed by atoms with Crippen molar-refractivity contribution in [3.8, 4) is 11.4 Å². The van der Waals surface area contributed by atoms with Crippen LogP contribution in [0.15, 0.2) is 59.1 Å². The average molecular weight is 369 g/mol. The molecule has 0 saturated heterocycles. The molecule has 0 aliphatic heterocycles. The molecule has 2 aromatic carbocycles. The molecular weight excluding hydrogens is 353 g/mol. The summed E-state index contributed by atoms with van der Waals surface area (Å²) in [5.74, 6) is 1.43. The zero-order valence-corrected chi connectivity index (χ0v) is 15.3. The van der Waals surface area contributed by atoms with Crippen LogP contribution in [0.25, 0.3) is 21.5 Å². The summed E-state index contributed by atoms with van der Waals surface area (Å²) >= 11 is 3.35. The van der Waals surface area contributed by atoms with Crippen LogP contribution in [-0.4, -0.2) is 14.8 Å². The van der Waals surface area contributed by atoms with E-state index in [2.05, 4.69) is 51.3 Å². The van der Waals surface area contributed by atoms with Gasteiger partial charge in [-0.3, -0.25) is 0 Å². The summed E-state index contributed by atoms with van der Waals surface area (Å²) < 4.78 is 16.4. The topological polar surface area (TPSA) is 30.7 Å². The molecule has 126 valence electrons. The van der Waals surface area contributed by atoms with Crippen molar-refractivity contribution < 1.29 is 4.39 Å². The number of hydrogen-bond donors (Lipinski definition) is 0. The van der Waals surface area contributed by atoms with Crippen molar-refractivity contribution in [3.63, 3.8) is 0 Å². The van der Waals surface area contributed by atoms with Crippen molar-refractivity contribution in [1.82, 2.24) is 14.8 Å². The van der Waals surface area contributed by atoms with Crippen LogP contribution in [-0.2, 0) is 12.3 Å². The second kappa shape index (κ2) is 6.98. The van der Waals surface area contributed by atoms with Gasteiger partial charge in [-0.25, -0.2) is 4.39 Å². The van der Waals surface area contributed by atoms with Crippen molar-refractivity contribution in [3.05, 3.63) is 65.3 Å². The molecule has 4 aromatic rings. The van der Waals surface area contributed by atoms with Crippen molar-refractivity contribution in [2.75, 3.05) is 0 Å². The van der Waals surface area contributed by atoms with Crippen molar-refractivity contribution in [2.45, 2.75) is 24.4 Å². The van der Waals surface area contributed by atoms with Gasteiger partial charge in [0.2, 0.25) is 0 Å². The Hall–Kier alpha value is -2.18. The highest BCUT2D eigenvalue weighted by atomic mass is 32.2. The maximum atomic E-state index is 13.0. The monoisotopic (exact) mass is 369 g/mol. The fourth-order valence-corrected chi connectivity index (χ4v) is 4.66. The number of thiophene rings is 1. The predicted molar refractivity (Wildman–Crippen MR) is 102 cm³/mol. The zero-order valence-electron chi connectivity index (χ0n) is 13.6. The van der Waals surface area contributed by atoms with Crippen LogP contribution in [0.5, 0.6) is 0 Å². The first-order valence-electron chi connectivity index (χ1n) is 8.03. The van der Waals surface area contributed by atoms with Crippen molar-refractivity contribution in [1.29, 1.82) is 0 Å². The summed E-state index contributed by atoms with van der Waals surface area (Å²) in [5, 5.41) is 13.1. The molecule has 0 aliphatic rings. The molecule has 6 heteroatoms. The molecule has 2 aromatic heterocycles. The summed E-state index contributed by atoms with van der Waals surface area (Å²) in [7, 11) is 0. The van der Waals surface area contributed by atoms with E-state index in [1.54, 1.807) is 23.1 Å². The van der Waals surface area contributed by atoms with Gasteiger partial charge in [-0.2, -0.15) is 0 Å². The van der Waals surface area contributed by atoms with E-state index in [1.165, 1.54) is 22.2 Å². The van der Waals surface area contributed by atoms with E-state index in [4.69, 9.17) is 0 Å². The number of thioether (sulfide) groups is 1. The lowest BCUT2D eigenvalue weighted by molar-refractivity contribution is 0.627. The van der Waals surface area contributed by atoms with E-state index < -0.39 is 0 Å². The maximum Gasteiger partial charge on any atom is 0.191 e. The van der Waals surface area contributed by atoms with Crippen molar-refractivity contribution in [2.24, 2.45) is 0 Å². The summed E-state index contributed by atoms with van der Waals surface area (Å²) in [6, 6.07) is 14.9. The van der Waals surface area contributed by atoms with E-state index in [0.717, 1.165) is 34.4 Å². The zero-order chi connectivity index (χ0) is 17.2. The van der Waals surface area contributed by atoms with Gasteiger partial charge in [-0.05, 0) is 30.7 Å². The minimum atomic E-state index is -0.211. The highest BCUT2D eigenvalue weighted by molar-refractivity contribution is 7.98. The lowest BCUT2D eigenvalue weighted by Crippen LogP contribution is -1.99.